The van der Waals surface area contributed by atoms with Crippen LogP contribution in [-0.2, 0) is 6.54 Å². The number of nitrogens with one attached hydrogen (secondary N) is 1. The quantitative estimate of drug-likeness (QED) is 0.619. The molecule has 0 spiro atoms. The van der Waals surface area contributed by atoms with Gasteiger partial charge in [-0.15, -0.1) is 0 Å². The molecule has 1 aliphatic heterocycles. The molecular formula is C25H34N2O4. The lowest BCUT2D eigenvalue weighted by atomic mass is 9.96. The van der Waals surface area contributed by atoms with Crippen molar-refractivity contribution in [2.75, 3.05) is 40.0 Å². The summed E-state index contributed by atoms with van der Waals surface area (Å²) in [6, 6.07) is 13.6. The minimum absolute atomic E-state index is 0.0651. The highest BCUT2D eigenvalue weighted by molar-refractivity contribution is 5.94. The molecule has 0 unspecified atom stereocenters. The Morgan fingerprint density at radius 2 is 1.68 bits per heavy atom. The first-order chi connectivity index (χ1) is 15.1. The number of nitrogens with zero attached hydrogens (tertiary/aromatic N) is 1. The second kappa shape index (κ2) is 11.6. The molecule has 1 aliphatic rings. The minimum atomic E-state index is -0.0651. The first-order valence-electron chi connectivity index (χ1n) is 11.2. The number of piperidine rings is 1. The van der Waals surface area contributed by atoms with E-state index in [1.807, 2.05) is 26.0 Å². The molecule has 0 aromatic heterocycles. The number of ether oxygens (including phenoxy) is 3. The van der Waals surface area contributed by atoms with Crippen molar-refractivity contribution in [2.24, 2.45) is 5.92 Å². The van der Waals surface area contributed by atoms with E-state index >= 15 is 0 Å². The van der Waals surface area contributed by atoms with Gasteiger partial charge in [0.05, 0.1) is 20.3 Å². The van der Waals surface area contributed by atoms with Crippen molar-refractivity contribution >= 4 is 5.91 Å². The van der Waals surface area contributed by atoms with Gasteiger partial charge in [-0.1, -0.05) is 12.1 Å². The van der Waals surface area contributed by atoms with E-state index in [4.69, 9.17) is 14.2 Å². The average molecular weight is 427 g/mol. The molecule has 1 amide bonds. The van der Waals surface area contributed by atoms with E-state index in [-0.39, 0.29) is 5.91 Å². The zero-order chi connectivity index (χ0) is 22.1. The number of carbonyl (C=O) groups excluding carboxylic acids is 1. The largest absolute Gasteiger partial charge is 0.497 e. The summed E-state index contributed by atoms with van der Waals surface area (Å²) >= 11 is 0. The number of hydrogen-bond donors (Lipinski definition) is 1. The predicted octanol–water partition coefficient (Wildman–Crippen LogP) is 4.13. The van der Waals surface area contributed by atoms with Crippen LogP contribution in [0.1, 0.15) is 42.6 Å². The lowest BCUT2D eigenvalue weighted by Crippen LogP contribution is -2.38. The summed E-state index contributed by atoms with van der Waals surface area (Å²) in [5.41, 5.74) is 1.90. The van der Waals surface area contributed by atoms with Crippen LogP contribution in [-0.4, -0.2) is 50.8 Å². The van der Waals surface area contributed by atoms with Crippen LogP contribution in [0.15, 0.2) is 42.5 Å². The molecule has 0 saturated carbocycles. The van der Waals surface area contributed by atoms with Crippen LogP contribution in [0.4, 0.5) is 0 Å². The molecule has 1 N–H and O–H groups in total. The number of hydrogen-bond acceptors (Lipinski definition) is 5. The van der Waals surface area contributed by atoms with Gasteiger partial charge in [0, 0.05) is 18.7 Å². The van der Waals surface area contributed by atoms with E-state index in [0.29, 0.717) is 42.7 Å². The smallest absolute Gasteiger partial charge is 0.251 e. The zero-order valence-electron chi connectivity index (χ0n) is 18.9. The highest BCUT2D eigenvalue weighted by atomic mass is 16.5. The summed E-state index contributed by atoms with van der Waals surface area (Å²) in [4.78, 5) is 15.1. The van der Waals surface area contributed by atoms with Gasteiger partial charge in [-0.2, -0.15) is 0 Å². The van der Waals surface area contributed by atoms with Crippen LogP contribution in [0.25, 0.3) is 0 Å². The maximum Gasteiger partial charge on any atom is 0.251 e. The highest BCUT2D eigenvalue weighted by Gasteiger charge is 2.20. The van der Waals surface area contributed by atoms with Crippen LogP contribution in [0.3, 0.4) is 0 Å². The number of benzene rings is 2. The molecule has 6 nitrogen and oxygen atoms in total. The van der Waals surface area contributed by atoms with E-state index in [9.17, 15) is 4.79 Å². The predicted molar refractivity (Wildman–Crippen MR) is 122 cm³/mol. The normalized spacial score (nSPS) is 14.8. The fourth-order valence-electron chi connectivity index (χ4n) is 3.87. The zero-order valence-corrected chi connectivity index (χ0v) is 18.9. The molecule has 0 radical (unpaired) electrons. The lowest BCUT2D eigenvalue weighted by Gasteiger charge is -2.32. The maximum absolute atomic E-state index is 12.6. The van der Waals surface area contributed by atoms with Crippen LogP contribution in [0, 0.1) is 5.92 Å². The van der Waals surface area contributed by atoms with Crippen LogP contribution >= 0.6 is 0 Å². The Balaban J connectivity index is 1.45. The number of methoxy groups -OCH3 is 1. The Labute approximate surface area is 185 Å². The van der Waals surface area contributed by atoms with Crippen molar-refractivity contribution in [3.63, 3.8) is 0 Å². The highest BCUT2D eigenvalue weighted by Crippen LogP contribution is 2.28. The van der Waals surface area contributed by atoms with Gasteiger partial charge in [-0.25, -0.2) is 0 Å². The van der Waals surface area contributed by atoms with Crippen molar-refractivity contribution in [2.45, 2.75) is 33.2 Å². The Kier molecular flexibility index (Phi) is 8.59. The summed E-state index contributed by atoms with van der Waals surface area (Å²) in [6.07, 6.45) is 2.17. The monoisotopic (exact) mass is 426 g/mol. The number of carbonyl (C=O) groups is 1. The molecule has 0 aliphatic carbocycles. The Hall–Kier alpha value is -2.73. The molecule has 31 heavy (non-hydrogen) atoms. The summed E-state index contributed by atoms with van der Waals surface area (Å²) in [6.45, 7) is 8.68. The summed E-state index contributed by atoms with van der Waals surface area (Å²) in [5, 5.41) is 3.10. The molecule has 2 aromatic rings. The Morgan fingerprint density at radius 3 is 2.32 bits per heavy atom. The molecule has 0 bridgehead atoms. The first kappa shape index (κ1) is 22.9. The van der Waals surface area contributed by atoms with Gasteiger partial charge in [-0.05, 0) is 81.6 Å². The third-order valence-corrected chi connectivity index (χ3v) is 5.63. The fourth-order valence-corrected chi connectivity index (χ4v) is 3.87. The summed E-state index contributed by atoms with van der Waals surface area (Å²) < 4.78 is 16.4. The molecule has 168 valence electrons. The number of amides is 1. The number of rotatable bonds is 10. The van der Waals surface area contributed by atoms with Crippen LogP contribution in [0.5, 0.6) is 17.2 Å². The molecule has 2 aromatic carbocycles. The van der Waals surface area contributed by atoms with Gasteiger partial charge >= 0.3 is 0 Å². The van der Waals surface area contributed by atoms with Crippen molar-refractivity contribution in [1.82, 2.24) is 10.2 Å². The van der Waals surface area contributed by atoms with E-state index in [1.165, 1.54) is 5.56 Å². The average Bonchev–Trinajstić information content (AvgIpc) is 2.80. The first-order valence-corrected chi connectivity index (χ1v) is 11.2. The molecular weight excluding hydrogens is 392 g/mol. The summed E-state index contributed by atoms with van der Waals surface area (Å²) in [7, 11) is 1.69. The van der Waals surface area contributed by atoms with E-state index in [1.54, 1.807) is 25.3 Å². The van der Waals surface area contributed by atoms with E-state index in [2.05, 4.69) is 22.3 Å². The fraction of sp³-hybridized carbons (Fsp3) is 0.480. The van der Waals surface area contributed by atoms with Crippen molar-refractivity contribution in [3.05, 3.63) is 53.6 Å². The summed E-state index contributed by atoms with van der Waals surface area (Å²) in [5.74, 6) is 2.61. The van der Waals surface area contributed by atoms with Gasteiger partial charge in [0.1, 0.15) is 5.75 Å². The second-order valence-corrected chi connectivity index (χ2v) is 7.81. The van der Waals surface area contributed by atoms with Gasteiger partial charge < -0.3 is 19.5 Å². The molecule has 1 saturated heterocycles. The van der Waals surface area contributed by atoms with Crippen molar-refractivity contribution in [3.8, 4) is 17.2 Å². The molecule has 6 heteroatoms. The van der Waals surface area contributed by atoms with Crippen LogP contribution < -0.4 is 19.5 Å². The SMILES string of the molecule is CCOc1ccc(C(=O)NCC2CCN(Cc3ccc(OC)cc3)CC2)cc1OCC. The van der Waals surface area contributed by atoms with Crippen molar-refractivity contribution < 1.29 is 19.0 Å². The molecule has 3 rings (SSSR count). The third-order valence-electron chi connectivity index (χ3n) is 5.63. The second-order valence-electron chi connectivity index (χ2n) is 7.81. The van der Waals surface area contributed by atoms with E-state index in [0.717, 1.165) is 38.2 Å². The number of likely N-dealkylation sites (tertiary alicyclic amines) is 1. The van der Waals surface area contributed by atoms with E-state index < -0.39 is 0 Å². The Morgan fingerprint density at radius 1 is 1.00 bits per heavy atom. The Bertz CT molecular complexity index is 830. The standard InChI is InChI=1S/C25H34N2O4/c1-4-30-23-11-8-21(16-24(23)31-5-2)25(28)26-17-19-12-14-27(15-13-19)18-20-6-9-22(29-3)10-7-20/h6-11,16,19H,4-5,12-15,17-18H2,1-3H3,(H,26,28). The third kappa shape index (κ3) is 6.62. The van der Waals surface area contributed by atoms with Gasteiger partial charge in [0.15, 0.2) is 11.5 Å². The molecule has 1 fully saturated rings. The van der Waals surface area contributed by atoms with Crippen molar-refractivity contribution in [1.29, 1.82) is 0 Å². The van der Waals surface area contributed by atoms with Gasteiger partial charge in [0.2, 0.25) is 0 Å². The van der Waals surface area contributed by atoms with Gasteiger partial charge in [-0.3, -0.25) is 9.69 Å². The van der Waals surface area contributed by atoms with Crippen LogP contribution in [0.2, 0.25) is 0 Å². The maximum atomic E-state index is 12.6. The lowest BCUT2D eigenvalue weighted by molar-refractivity contribution is 0.0934. The van der Waals surface area contributed by atoms with Gasteiger partial charge in [0.25, 0.3) is 5.91 Å². The minimum Gasteiger partial charge on any atom is -0.497 e. The molecule has 0 atom stereocenters. The topological polar surface area (TPSA) is 60.0 Å². The molecule has 1 heterocycles.